The van der Waals surface area contributed by atoms with Gasteiger partial charge in [0.1, 0.15) is 0 Å². The highest BCUT2D eigenvalue weighted by molar-refractivity contribution is 5.88. The minimum Gasteiger partial charge on any atom is -0.467 e. The Morgan fingerprint density at radius 1 is 1.56 bits per heavy atom. The second-order valence-electron chi connectivity index (χ2n) is 3.90. The van der Waals surface area contributed by atoms with Crippen molar-refractivity contribution in [1.82, 2.24) is 10.6 Å². The molecular formula is C10H18N2O4. The minimum atomic E-state index is -1.00. The summed E-state index contributed by atoms with van der Waals surface area (Å²) in [6, 6.07) is -1.27. The second kappa shape index (κ2) is 5.81. The highest BCUT2D eigenvalue weighted by atomic mass is 16.5. The predicted molar refractivity (Wildman–Crippen MR) is 56.7 cm³/mol. The molecule has 0 bridgehead atoms. The average molecular weight is 230 g/mol. The molecule has 16 heavy (non-hydrogen) atoms. The third kappa shape index (κ3) is 3.18. The summed E-state index contributed by atoms with van der Waals surface area (Å²) >= 11 is 0. The summed E-state index contributed by atoms with van der Waals surface area (Å²) in [6.07, 6.45) is 0.715. The summed E-state index contributed by atoms with van der Waals surface area (Å²) in [7, 11) is 1.22. The zero-order valence-electron chi connectivity index (χ0n) is 9.53. The van der Waals surface area contributed by atoms with Gasteiger partial charge >= 0.3 is 5.97 Å². The van der Waals surface area contributed by atoms with Gasteiger partial charge in [-0.3, -0.25) is 4.79 Å². The molecule has 0 radical (unpaired) electrons. The van der Waals surface area contributed by atoms with Crippen LogP contribution >= 0.6 is 0 Å². The van der Waals surface area contributed by atoms with E-state index in [1.165, 1.54) is 14.0 Å². The standard InChI is InChI=1S/C10H18N2O4/c1-6(13)8(10(15)16-2)12-9(14)7-4-3-5-11-7/h6-8,11,13H,3-5H2,1-2H3,(H,12,14). The van der Waals surface area contributed by atoms with Crippen LogP contribution in [0, 0.1) is 0 Å². The summed E-state index contributed by atoms with van der Waals surface area (Å²) in [6.45, 7) is 2.24. The highest BCUT2D eigenvalue weighted by Crippen LogP contribution is 2.06. The fourth-order valence-corrected chi connectivity index (χ4v) is 1.67. The van der Waals surface area contributed by atoms with Gasteiger partial charge in [0.05, 0.1) is 19.3 Å². The molecule has 1 fully saturated rings. The molecule has 0 aromatic heterocycles. The Balaban J connectivity index is 2.53. The Bertz CT molecular complexity index is 262. The van der Waals surface area contributed by atoms with E-state index >= 15 is 0 Å². The van der Waals surface area contributed by atoms with Crippen molar-refractivity contribution in [3.05, 3.63) is 0 Å². The fraction of sp³-hybridized carbons (Fsp3) is 0.800. The molecule has 6 heteroatoms. The van der Waals surface area contributed by atoms with Crippen molar-refractivity contribution in [2.24, 2.45) is 0 Å². The van der Waals surface area contributed by atoms with Crippen LogP contribution in [-0.4, -0.2) is 48.8 Å². The summed E-state index contributed by atoms with van der Waals surface area (Å²) < 4.78 is 4.50. The summed E-state index contributed by atoms with van der Waals surface area (Å²) in [4.78, 5) is 23.0. The number of aliphatic hydroxyl groups excluding tert-OH is 1. The topological polar surface area (TPSA) is 87.7 Å². The summed E-state index contributed by atoms with van der Waals surface area (Å²) in [5.41, 5.74) is 0. The van der Waals surface area contributed by atoms with Gasteiger partial charge in [0.25, 0.3) is 0 Å². The van der Waals surface area contributed by atoms with Crippen LogP contribution in [0.3, 0.4) is 0 Å². The molecule has 0 aliphatic carbocycles. The molecule has 3 atom stereocenters. The minimum absolute atomic E-state index is 0.270. The van der Waals surface area contributed by atoms with Crippen molar-refractivity contribution in [2.45, 2.75) is 38.0 Å². The molecule has 92 valence electrons. The first kappa shape index (κ1) is 12.9. The van der Waals surface area contributed by atoms with Gasteiger partial charge in [0, 0.05) is 0 Å². The number of nitrogens with one attached hydrogen (secondary N) is 2. The Kier molecular flexibility index (Phi) is 4.70. The molecule has 0 spiro atoms. The number of hydrogen-bond acceptors (Lipinski definition) is 5. The first-order chi connectivity index (χ1) is 7.56. The molecule has 0 aromatic rings. The third-order valence-electron chi connectivity index (χ3n) is 2.61. The van der Waals surface area contributed by atoms with Gasteiger partial charge < -0.3 is 20.5 Å². The van der Waals surface area contributed by atoms with Crippen molar-refractivity contribution in [3.63, 3.8) is 0 Å². The molecule has 1 aliphatic heterocycles. The van der Waals surface area contributed by atoms with Gasteiger partial charge in [0.2, 0.25) is 5.91 Å². The largest absolute Gasteiger partial charge is 0.467 e. The molecule has 1 amide bonds. The average Bonchev–Trinajstić information content (AvgIpc) is 2.77. The molecule has 0 aromatic carbocycles. The highest BCUT2D eigenvalue weighted by Gasteiger charge is 2.30. The maximum absolute atomic E-state index is 11.7. The van der Waals surface area contributed by atoms with Crippen molar-refractivity contribution >= 4 is 11.9 Å². The predicted octanol–water partition coefficient (Wildman–Crippen LogP) is -1.22. The number of aliphatic hydroxyl groups is 1. The van der Waals surface area contributed by atoms with Crippen molar-refractivity contribution in [2.75, 3.05) is 13.7 Å². The maximum Gasteiger partial charge on any atom is 0.331 e. The molecule has 0 saturated carbocycles. The number of rotatable bonds is 4. The summed E-state index contributed by atoms with van der Waals surface area (Å²) in [5, 5.41) is 14.9. The van der Waals surface area contributed by atoms with Crippen LogP contribution in [-0.2, 0) is 14.3 Å². The molecule has 1 aliphatic rings. The summed E-state index contributed by atoms with van der Waals surface area (Å²) in [5.74, 6) is -0.907. The number of esters is 1. The van der Waals surface area contributed by atoms with E-state index in [9.17, 15) is 14.7 Å². The van der Waals surface area contributed by atoms with Crippen LogP contribution in [0.15, 0.2) is 0 Å². The van der Waals surface area contributed by atoms with Crippen LogP contribution in [0.1, 0.15) is 19.8 Å². The lowest BCUT2D eigenvalue weighted by Gasteiger charge is -2.20. The quantitative estimate of drug-likeness (QED) is 0.527. The van der Waals surface area contributed by atoms with Crippen LogP contribution in [0.4, 0.5) is 0 Å². The molecule has 1 saturated heterocycles. The number of methoxy groups -OCH3 is 1. The van der Waals surface area contributed by atoms with Gasteiger partial charge in [0.15, 0.2) is 6.04 Å². The zero-order valence-corrected chi connectivity index (χ0v) is 9.53. The first-order valence-corrected chi connectivity index (χ1v) is 5.36. The Hall–Kier alpha value is -1.14. The van der Waals surface area contributed by atoms with E-state index in [1.807, 2.05) is 0 Å². The Morgan fingerprint density at radius 3 is 2.69 bits per heavy atom. The molecule has 6 nitrogen and oxygen atoms in total. The fourth-order valence-electron chi connectivity index (χ4n) is 1.67. The van der Waals surface area contributed by atoms with E-state index in [0.29, 0.717) is 0 Å². The third-order valence-corrected chi connectivity index (χ3v) is 2.61. The van der Waals surface area contributed by atoms with E-state index in [-0.39, 0.29) is 11.9 Å². The molecule has 3 N–H and O–H groups in total. The van der Waals surface area contributed by atoms with E-state index in [4.69, 9.17) is 0 Å². The van der Waals surface area contributed by atoms with Crippen molar-refractivity contribution in [3.8, 4) is 0 Å². The first-order valence-electron chi connectivity index (χ1n) is 5.36. The van der Waals surface area contributed by atoms with Gasteiger partial charge in [-0.1, -0.05) is 0 Å². The molecular weight excluding hydrogens is 212 g/mol. The number of ether oxygens (including phenoxy) is 1. The Morgan fingerprint density at radius 2 is 2.25 bits per heavy atom. The number of hydrogen-bond donors (Lipinski definition) is 3. The lowest BCUT2D eigenvalue weighted by molar-refractivity contribution is -0.148. The van der Waals surface area contributed by atoms with Gasteiger partial charge in [-0.15, -0.1) is 0 Å². The van der Waals surface area contributed by atoms with E-state index in [2.05, 4.69) is 15.4 Å². The van der Waals surface area contributed by atoms with Crippen LogP contribution in [0.25, 0.3) is 0 Å². The molecule has 1 rings (SSSR count). The lowest BCUT2D eigenvalue weighted by atomic mass is 10.1. The van der Waals surface area contributed by atoms with Crippen LogP contribution < -0.4 is 10.6 Å². The van der Waals surface area contributed by atoms with E-state index in [0.717, 1.165) is 19.4 Å². The van der Waals surface area contributed by atoms with Gasteiger partial charge in [-0.05, 0) is 26.3 Å². The second-order valence-corrected chi connectivity index (χ2v) is 3.90. The number of amides is 1. The molecule has 1 heterocycles. The maximum atomic E-state index is 11.7. The van der Waals surface area contributed by atoms with Crippen molar-refractivity contribution in [1.29, 1.82) is 0 Å². The molecule has 3 unspecified atom stereocenters. The monoisotopic (exact) mass is 230 g/mol. The van der Waals surface area contributed by atoms with Gasteiger partial charge in [-0.25, -0.2) is 4.79 Å². The SMILES string of the molecule is COC(=O)C(NC(=O)C1CCCN1)C(C)O. The number of carbonyl (C=O) groups excluding carboxylic acids is 2. The smallest absolute Gasteiger partial charge is 0.331 e. The normalized spacial score (nSPS) is 23.6. The van der Waals surface area contributed by atoms with Crippen LogP contribution in [0.2, 0.25) is 0 Å². The van der Waals surface area contributed by atoms with Crippen LogP contribution in [0.5, 0.6) is 0 Å². The van der Waals surface area contributed by atoms with Crippen molar-refractivity contribution < 1.29 is 19.4 Å². The number of carbonyl (C=O) groups is 2. The van der Waals surface area contributed by atoms with E-state index < -0.39 is 18.1 Å². The van der Waals surface area contributed by atoms with E-state index in [1.54, 1.807) is 0 Å². The lowest BCUT2D eigenvalue weighted by Crippen LogP contribution is -2.52. The Labute approximate surface area is 94.3 Å². The zero-order chi connectivity index (χ0) is 12.1. The van der Waals surface area contributed by atoms with Gasteiger partial charge in [-0.2, -0.15) is 0 Å².